The van der Waals surface area contributed by atoms with Crippen LogP contribution in [0.4, 0.5) is 11.5 Å². The third-order valence-corrected chi connectivity index (χ3v) is 3.94. The number of benzene rings is 1. The molecule has 140 valence electrons. The average molecular weight is 379 g/mol. The summed E-state index contributed by atoms with van der Waals surface area (Å²) in [4.78, 5) is 20.4. The lowest BCUT2D eigenvalue weighted by atomic mass is 10.1. The standard InChI is InChI=1S/C18H23ClN4O3/c1-11(2)5-6-20-18(24)14-9-17(22-10-21-14)23-13-8-15(25-3)12(19)7-16(13)26-4/h7-11H,5-6H2,1-4H3,(H,20,24)(H,21,22,23). The zero-order valence-electron chi connectivity index (χ0n) is 15.3. The molecule has 1 amide bonds. The number of hydrogen-bond acceptors (Lipinski definition) is 6. The van der Waals surface area contributed by atoms with Crippen molar-refractivity contribution < 1.29 is 14.3 Å². The highest BCUT2D eigenvalue weighted by atomic mass is 35.5. The van der Waals surface area contributed by atoms with E-state index in [2.05, 4.69) is 34.4 Å². The molecule has 2 N–H and O–H groups in total. The molecule has 1 aromatic heterocycles. The molecular weight excluding hydrogens is 356 g/mol. The summed E-state index contributed by atoms with van der Waals surface area (Å²) in [6.45, 7) is 4.81. The summed E-state index contributed by atoms with van der Waals surface area (Å²) >= 11 is 6.11. The molecule has 26 heavy (non-hydrogen) atoms. The third-order valence-electron chi connectivity index (χ3n) is 3.64. The van der Waals surface area contributed by atoms with Crippen molar-refractivity contribution in [1.29, 1.82) is 0 Å². The molecule has 0 saturated carbocycles. The van der Waals surface area contributed by atoms with E-state index in [1.54, 1.807) is 18.2 Å². The van der Waals surface area contributed by atoms with E-state index in [-0.39, 0.29) is 11.6 Å². The summed E-state index contributed by atoms with van der Waals surface area (Å²) in [5.41, 5.74) is 0.893. The van der Waals surface area contributed by atoms with Crippen molar-refractivity contribution >= 4 is 29.0 Å². The maximum absolute atomic E-state index is 12.2. The number of nitrogens with one attached hydrogen (secondary N) is 2. The summed E-state index contributed by atoms with van der Waals surface area (Å²) in [7, 11) is 3.07. The van der Waals surface area contributed by atoms with Gasteiger partial charge in [-0.2, -0.15) is 0 Å². The minimum Gasteiger partial charge on any atom is -0.495 e. The molecule has 0 aliphatic rings. The first-order valence-electron chi connectivity index (χ1n) is 8.23. The molecule has 1 aromatic carbocycles. The second-order valence-electron chi connectivity index (χ2n) is 6.04. The highest BCUT2D eigenvalue weighted by Crippen LogP contribution is 2.37. The van der Waals surface area contributed by atoms with E-state index in [9.17, 15) is 4.79 Å². The second-order valence-corrected chi connectivity index (χ2v) is 6.45. The van der Waals surface area contributed by atoms with E-state index in [0.717, 1.165) is 6.42 Å². The Kier molecular flexibility index (Phi) is 7.03. The SMILES string of the molecule is COc1cc(Nc2cc(C(=O)NCCC(C)C)ncn2)c(OC)cc1Cl. The van der Waals surface area contributed by atoms with Gasteiger partial charge in [0.05, 0.1) is 24.9 Å². The molecule has 0 spiro atoms. The Morgan fingerprint density at radius 2 is 1.88 bits per heavy atom. The van der Waals surface area contributed by atoms with Gasteiger partial charge in [0.15, 0.2) is 0 Å². The lowest BCUT2D eigenvalue weighted by Crippen LogP contribution is -2.26. The van der Waals surface area contributed by atoms with Crippen LogP contribution in [0.1, 0.15) is 30.8 Å². The van der Waals surface area contributed by atoms with Crippen LogP contribution in [-0.4, -0.2) is 36.6 Å². The number of halogens is 1. The van der Waals surface area contributed by atoms with Gasteiger partial charge in [-0.15, -0.1) is 0 Å². The monoisotopic (exact) mass is 378 g/mol. The molecule has 7 nitrogen and oxygen atoms in total. The van der Waals surface area contributed by atoms with Gasteiger partial charge < -0.3 is 20.1 Å². The average Bonchev–Trinajstić information content (AvgIpc) is 2.62. The van der Waals surface area contributed by atoms with Crippen molar-refractivity contribution in [3.05, 3.63) is 35.2 Å². The number of carbonyl (C=O) groups is 1. The highest BCUT2D eigenvalue weighted by Gasteiger charge is 2.13. The van der Waals surface area contributed by atoms with Gasteiger partial charge in [-0.1, -0.05) is 25.4 Å². The highest BCUT2D eigenvalue weighted by molar-refractivity contribution is 6.32. The van der Waals surface area contributed by atoms with Gasteiger partial charge in [-0.05, 0) is 12.3 Å². The number of anilines is 2. The Balaban J connectivity index is 2.17. The topological polar surface area (TPSA) is 85.4 Å². The number of methoxy groups -OCH3 is 2. The number of amides is 1. The Morgan fingerprint density at radius 1 is 1.15 bits per heavy atom. The second kappa shape index (κ2) is 9.24. The van der Waals surface area contributed by atoms with Gasteiger partial charge in [-0.3, -0.25) is 4.79 Å². The Morgan fingerprint density at radius 3 is 2.54 bits per heavy atom. The largest absolute Gasteiger partial charge is 0.495 e. The summed E-state index contributed by atoms with van der Waals surface area (Å²) in [6.07, 6.45) is 2.24. The van der Waals surface area contributed by atoms with Crippen molar-refractivity contribution in [2.24, 2.45) is 5.92 Å². The van der Waals surface area contributed by atoms with Gasteiger partial charge in [0.2, 0.25) is 0 Å². The lowest BCUT2D eigenvalue weighted by Gasteiger charge is -2.14. The lowest BCUT2D eigenvalue weighted by molar-refractivity contribution is 0.0947. The normalized spacial score (nSPS) is 10.5. The van der Waals surface area contributed by atoms with Crippen molar-refractivity contribution in [3.63, 3.8) is 0 Å². The van der Waals surface area contributed by atoms with Crippen molar-refractivity contribution in [1.82, 2.24) is 15.3 Å². The van der Waals surface area contributed by atoms with E-state index >= 15 is 0 Å². The predicted molar refractivity (Wildman–Crippen MR) is 102 cm³/mol. The van der Waals surface area contributed by atoms with Gasteiger partial charge in [-0.25, -0.2) is 9.97 Å². The number of nitrogens with zero attached hydrogens (tertiary/aromatic N) is 2. The molecular formula is C18H23ClN4O3. The Bertz CT molecular complexity index is 768. The molecule has 2 rings (SSSR count). The predicted octanol–water partition coefficient (Wildman–Crippen LogP) is 3.67. The number of ether oxygens (including phenoxy) is 2. The van der Waals surface area contributed by atoms with Crippen LogP contribution in [0.5, 0.6) is 11.5 Å². The summed E-state index contributed by atoms with van der Waals surface area (Å²) in [5, 5.41) is 6.38. The Hall–Kier alpha value is -2.54. The molecule has 0 atom stereocenters. The number of rotatable bonds is 8. The van der Waals surface area contributed by atoms with Crippen molar-refractivity contribution in [2.75, 3.05) is 26.1 Å². The van der Waals surface area contributed by atoms with Crippen molar-refractivity contribution in [3.8, 4) is 11.5 Å². The first kappa shape index (κ1) is 19.8. The quantitative estimate of drug-likeness (QED) is 0.729. The van der Waals surface area contributed by atoms with Crippen LogP contribution >= 0.6 is 11.6 Å². The molecule has 1 heterocycles. The fourth-order valence-electron chi connectivity index (χ4n) is 2.21. The molecule has 0 aliphatic carbocycles. The minimum absolute atomic E-state index is 0.239. The Labute approximate surface area is 158 Å². The molecule has 8 heteroatoms. The van der Waals surface area contributed by atoms with Crippen LogP contribution in [0.25, 0.3) is 0 Å². The summed E-state index contributed by atoms with van der Waals surface area (Å²) in [5.74, 6) is 1.76. The maximum Gasteiger partial charge on any atom is 0.270 e. The molecule has 0 unspecified atom stereocenters. The first-order valence-corrected chi connectivity index (χ1v) is 8.61. The van der Waals surface area contributed by atoms with Gasteiger partial charge in [0, 0.05) is 24.7 Å². The number of hydrogen-bond donors (Lipinski definition) is 2. The van der Waals surface area contributed by atoms with E-state index in [1.165, 1.54) is 20.5 Å². The van der Waals surface area contributed by atoms with E-state index in [4.69, 9.17) is 21.1 Å². The van der Waals surface area contributed by atoms with Crippen LogP contribution in [-0.2, 0) is 0 Å². The fourth-order valence-corrected chi connectivity index (χ4v) is 2.44. The number of carbonyl (C=O) groups excluding carboxylic acids is 1. The first-order chi connectivity index (χ1) is 12.4. The molecule has 0 radical (unpaired) electrons. The van der Waals surface area contributed by atoms with Crippen LogP contribution in [0.15, 0.2) is 24.5 Å². The third kappa shape index (κ3) is 5.23. The molecule has 2 aromatic rings. The van der Waals surface area contributed by atoms with Crippen LogP contribution in [0, 0.1) is 5.92 Å². The molecule has 0 aliphatic heterocycles. The smallest absolute Gasteiger partial charge is 0.270 e. The summed E-state index contributed by atoms with van der Waals surface area (Å²) < 4.78 is 10.5. The van der Waals surface area contributed by atoms with Crippen LogP contribution in [0.2, 0.25) is 5.02 Å². The summed E-state index contributed by atoms with van der Waals surface area (Å²) in [6, 6.07) is 4.92. The van der Waals surface area contributed by atoms with E-state index in [0.29, 0.717) is 40.5 Å². The van der Waals surface area contributed by atoms with Gasteiger partial charge in [0.25, 0.3) is 5.91 Å². The zero-order valence-corrected chi connectivity index (χ0v) is 16.1. The van der Waals surface area contributed by atoms with Crippen molar-refractivity contribution in [2.45, 2.75) is 20.3 Å². The van der Waals surface area contributed by atoms with E-state index in [1.807, 2.05) is 0 Å². The van der Waals surface area contributed by atoms with E-state index < -0.39 is 0 Å². The van der Waals surface area contributed by atoms with Crippen LogP contribution in [0.3, 0.4) is 0 Å². The molecule has 0 bridgehead atoms. The minimum atomic E-state index is -0.239. The fraction of sp³-hybridized carbons (Fsp3) is 0.389. The van der Waals surface area contributed by atoms with Crippen LogP contribution < -0.4 is 20.1 Å². The van der Waals surface area contributed by atoms with Gasteiger partial charge >= 0.3 is 0 Å². The van der Waals surface area contributed by atoms with Gasteiger partial charge in [0.1, 0.15) is 29.3 Å². The zero-order chi connectivity index (χ0) is 19.1. The molecule has 0 saturated heterocycles. The maximum atomic E-state index is 12.2. The molecule has 0 fully saturated rings. The number of aromatic nitrogens is 2.